The van der Waals surface area contributed by atoms with E-state index >= 15 is 0 Å². The maximum Gasteiger partial charge on any atom is 0.305 e. The highest BCUT2D eigenvalue weighted by Crippen LogP contribution is 2.24. The summed E-state index contributed by atoms with van der Waals surface area (Å²) in [5.41, 5.74) is -0.371. The normalized spacial score (nSPS) is 19.9. The van der Waals surface area contributed by atoms with Crippen LogP contribution in [-0.2, 0) is 22.6 Å². The first-order valence-electron chi connectivity index (χ1n) is 9.91. The summed E-state index contributed by atoms with van der Waals surface area (Å²) < 4.78 is 10.6. The summed E-state index contributed by atoms with van der Waals surface area (Å²) >= 11 is 0. The Morgan fingerprint density at radius 1 is 1.15 bits per heavy atom. The lowest BCUT2D eigenvalue weighted by Crippen LogP contribution is -2.34. The molecule has 7 nitrogen and oxygen atoms in total. The molecule has 0 radical (unpaired) electrons. The Bertz CT molecular complexity index is 688. The Morgan fingerprint density at radius 3 is 2.48 bits per heavy atom. The zero-order valence-electron chi connectivity index (χ0n) is 16.1. The number of carbonyl (C=O) groups is 1. The highest BCUT2D eigenvalue weighted by molar-refractivity contribution is 5.69. The second-order valence-electron chi connectivity index (χ2n) is 7.69. The van der Waals surface area contributed by atoms with E-state index in [1.807, 2.05) is 0 Å². The number of ether oxygens (including phenoxy) is 1. The molecule has 0 bridgehead atoms. The fraction of sp³-hybridized carbons (Fsp3) is 0.700. The zero-order chi connectivity index (χ0) is 19.2. The summed E-state index contributed by atoms with van der Waals surface area (Å²) in [6, 6.07) is 1.41. The molecule has 27 heavy (non-hydrogen) atoms. The summed E-state index contributed by atoms with van der Waals surface area (Å²) in [4.78, 5) is 28.0. The Balaban J connectivity index is 1.59. The maximum atomic E-state index is 12.2. The molecule has 1 aromatic rings. The fourth-order valence-corrected chi connectivity index (χ4v) is 3.98. The average molecular weight is 378 g/mol. The molecule has 7 heteroatoms. The van der Waals surface area contributed by atoms with Crippen molar-refractivity contribution in [2.75, 3.05) is 33.3 Å². The van der Waals surface area contributed by atoms with Crippen LogP contribution in [0, 0.1) is 5.92 Å². The molecule has 3 heterocycles. The van der Waals surface area contributed by atoms with E-state index in [1.165, 1.54) is 32.4 Å². The molecule has 2 aliphatic heterocycles. The predicted octanol–water partition coefficient (Wildman–Crippen LogP) is 2.11. The Labute approximate surface area is 159 Å². The van der Waals surface area contributed by atoms with Gasteiger partial charge in [-0.05, 0) is 57.8 Å². The number of aromatic hydroxyl groups is 1. The first-order chi connectivity index (χ1) is 13.0. The van der Waals surface area contributed by atoms with Crippen molar-refractivity contribution in [2.24, 2.45) is 5.92 Å². The Kier molecular flexibility index (Phi) is 6.90. The van der Waals surface area contributed by atoms with Crippen LogP contribution in [0.15, 0.2) is 15.3 Å². The van der Waals surface area contributed by atoms with E-state index in [0.717, 1.165) is 39.0 Å². The van der Waals surface area contributed by atoms with Gasteiger partial charge < -0.3 is 14.3 Å². The molecule has 0 saturated carbocycles. The van der Waals surface area contributed by atoms with Crippen LogP contribution >= 0.6 is 0 Å². The zero-order valence-corrected chi connectivity index (χ0v) is 16.1. The van der Waals surface area contributed by atoms with Gasteiger partial charge in [-0.1, -0.05) is 6.42 Å². The molecule has 3 rings (SSSR count). The van der Waals surface area contributed by atoms with Gasteiger partial charge in [0.05, 0.1) is 20.2 Å². The first kappa shape index (κ1) is 19.9. The highest BCUT2D eigenvalue weighted by atomic mass is 16.5. The molecule has 150 valence electrons. The van der Waals surface area contributed by atoms with E-state index in [0.29, 0.717) is 36.9 Å². The molecule has 1 N–H and O–H groups in total. The van der Waals surface area contributed by atoms with Gasteiger partial charge in [-0.25, -0.2) is 0 Å². The summed E-state index contributed by atoms with van der Waals surface area (Å²) in [5, 5.41) is 10.2. The van der Waals surface area contributed by atoms with Gasteiger partial charge in [0.2, 0.25) is 11.2 Å². The minimum Gasteiger partial charge on any atom is -0.502 e. The third kappa shape index (κ3) is 5.56. The molecule has 2 aliphatic rings. The fourth-order valence-electron chi connectivity index (χ4n) is 3.98. The quantitative estimate of drug-likeness (QED) is 0.759. The molecule has 2 saturated heterocycles. The third-order valence-electron chi connectivity index (χ3n) is 5.63. The minimum atomic E-state index is -0.371. The summed E-state index contributed by atoms with van der Waals surface area (Å²) in [7, 11) is 1.42. The van der Waals surface area contributed by atoms with Crippen LogP contribution in [0.1, 0.15) is 50.0 Å². The van der Waals surface area contributed by atoms with Gasteiger partial charge in [-0.2, -0.15) is 0 Å². The van der Waals surface area contributed by atoms with Gasteiger partial charge in [0, 0.05) is 12.5 Å². The largest absolute Gasteiger partial charge is 0.502 e. The molecule has 0 unspecified atom stereocenters. The van der Waals surface area contributed by atoms with Gasteiger partial charge in [0.25, 0.3) is 0 Å². The lowest BCUT2D eigenvalue weighted by molar-refractivity contribution is -0.142. The van der Waals surface area contributed by atoms with Crippen molar-refractivity contribution in [1.29, 1.82) is 0 Å². The number of hydrogen-bond donors (Lipinski definition) is 1. The molecule has 2 fully saturated rings. The van der Waals surface area contributed by atoms with Gasteiger partial charge in [-0.3, -0.25) is 19.4 Å². The van der Waals surface area contributed by atoms with Gasteiger partial charge in [-0.15, -0.1) is 0 Å². The number of nitrogens with zero attached hydrogens (tertiary/aromatic N) is 2. The summed E-state index contributed by atoms with van der Waals surface area (Å²) in [6.07, 6.45) is 5.86. The van der Waals surface area contributed by atoms with E-state index in [9.17, 15) is 14.7 Å². The average Bonchev–Trinajstić information content (AvgIpc) is 2.68. The van der Waals surface area contributed by atoms with Crippen molar-refractivity contribution in [2.45, 2.75) is 51.6 Å². The van der Waals surface area contributed by atoms with Crippen LogP contribution in [0.2, 0.25) is 0 Å². The van der Waals surface area contributed by atoms with Gasteiger partial charge in [0.15, 0.2) is 5.76 Å². The Hall–Kier alpha value is -1.86. The van der Waals surface area contributed by atoms with E-state index in [1.54, 1.807) is 0 Å². The van der Waals surface area contributed by atoms with E-state index in [4.69, 9.17) is 9.15 Å². The topological polar surface area (TPSA) is 83.2 Å². The van der Waals surface area contributed by atoms with Crippen molar-refractivity contribution in [3.63, 3.8) is 0 Å². The van der Waals surface area contributed by atoms with Crippen molar-refractivity contribution < 1.29 is 19.1 Å². The molecule has 0 atom stereocenters. The van der Waals surface area contributed by atoms with Crippen LogP contribution in [0.3, 0.4) is 0 Å². The Morgan fingerprint density at radius 2 is 1.81 bits per heavy atom. The predicted molar refractivity (Wildman–Crippen MR) is 100 cm³/mol. The molecule has 0 amide bonds. The van der Waals surface area contributed by atoms with Crippen molar-refractivity contribution >= 4 is 5.97 Å². The second-order valence-corrected chi connectivity index (χ2v) is 7.69. The van der Waals surface area contributed by atoms with Crippen LogP contribution in [0.25, 0.3) is 0 Å². The lowest BCUT2D eigenvalue weighted by Gasteiger charge is -2.31. The van der Waals surface area contributed by atoms with Crippen molar-refractivity contribution in [1.82, 2.24) is 9.80 Å². The number of hydrogen-bond acceptors (Lipinski definition) is 7. The van der Waals surface area contributed by atoms with Crippen LogP contribution < -0.4 is 5.43 Å². The van der Waals surface area contributed by atoms with E-state index in [2.05, 4.69) is 9.80 Å². The van der Waals surface area contributed by atoms with Crippen molar-refractivity contribution in [3.8, 4) is 5.75 Å². The van der Waals surface area contributed by atoms with Crippen LogP contribution in [0.5, 0.6) is 5.75 Å². The number of likely N-dealkylation sites (tertiary alicyclic amines) is 2. The van der Waals surface area contributed by atoms with Gasteiger partial charge >= 0.3 is 5.97 Å². The third-order valence-corrected chi connectivity index (χ3v) is 5.63. The molecule has 0 spiro atoms. The number of rotatable bonds is 6. The van der Waals surface area contributed by atoms with Gasteiger partial charge in [0.1, 0.15) is 5.76 Å². The van der Waals surface area contributed by atoms with Crippen molar-refractivity contribution in [3.05, 3.63) is 27.8 Å². The standard InChI is InChI=1S/C20H30N2O5/c1-26-19(24)11-15-5-9-22(10-6-15)14-18-20(25)17(23)12-16(27-18)13-21-7-3-2-4-8-21/h12,15,25H,2-11,13-14H2,1H3. The monoisotopic (exact) mass is 378 g/mol. The highest BCUT2D eigenvalue weighted by Gasteiger charge is 2.24. The molecule has 0 aromatic carbocycles. The molecular weight excluding hydrogens is 348 g/mol. The second kappa shape index (κ2) is 9.37. The maximum absolute atomic E-state index is 12.2. The van der Waals surface area contributed by atoms with Crippen LogP contribution in [0.4, 0.5) is 0 Å². The molecule has 0 aliphatic carbocycles. The molecule has 1 aromatic heterocycles. The van der Waals surface area contributed by atoms with E-state index < -0.39 is 0 Å². The number of piperidine rings is 2. The van der Waals surface area contributed by atoms with E-state index in [-0.39, 0.29) is 17.1 Å². The smallest absolute Gasteiger partial charge is 0.305 e. The minimum absolute atomic E-state index is 0.164. The number of carbonyl (C=O) groups excluding carboxylic acids is 1. The number of methoxy groups -OCH3 is 1. The molecular formula is C20H30N2O5. The summed E-state index contributed by atoms with van der Waals surface area (Å²) in [5.74, 6) is 0.854. The summed E-state index contributed by atoms with van der Waals surface area (Å²) in [6.45, 7) is 4.69. The number of esters is 1. The van der Waals surface area contributed by atoms with Crippen LogP contribution in [-0.4, -0.2) is 54.2 Å². The first-order valence-corrected chi connectivity index (χ1v) is 9.91. The SMILES string of the molecule is COC(=O)CC1CCN(Cc2oc(CN3CCCCC3)cc(=O)c2O)CC1. The lowest BCUT2D eigenvalue weighted by atomic mass is 9.93.